The van der Waals surface area contributed by atoms with E-state index in [9.17, 15) is 14.7 Å². The average Bonchev–Trinajstić information content (AvgIpc) is 2.62. The van der Waals surface area contributed by atoms with Gasteiger partial charge >= 0.3 is 12.1 Å². The van der Waals surface area contributed by atoms with E-state index in [2.05, 4.69) is 5.32 Å². The van der Waals surface area contributed by atoms with Crippen molar-refractivity contribution in [1.82, 2.24) is 10.2 Å². The zero-order valence-electron chi connectivity index (χ0n) is 18.0. The van der Waals surface area contributed by atoms with Crippen LogP contribution in [0.5, 0.6) is 0 Å². The predicted octanol–water partition coefficient (Wildman–Crippen LogP) is 2.85. The van der Waals surface area contributed by atoms with E-state index < -0.39 is 11.0 Å². The number of carbonyl (C=O) groups excluding carboxylic acids is 2. The fraction of sp³-hybridized carbons (Fsp3) is 0.905. The molecular weight excluding hydrogens is 360 g/mol. The molecule has 1 amide bonds. The molecule has 0 aromatic rings. The van der Waals surface area contributed by atoms with Gasteiger partial charge < -0.3 is 24.8 Å². The third-order valence-electron chi connectivity index (χ3n) is 5.67. The van der Waals surface area contributed by atoms with Crippen molar-refractivity contribution in [2.24, 2.45) is 5.41 Å². The Hall–Kier alpha value is -1.34. The maximum absolute atomic E-state index is 12.8. The van der Waals surface area contributed by atoms with E-state index >= 15 is 0 Å². The number of hydrogen-bond acceptors (Lipinski definition) is 6. The summed E-state index contributed by atoms with van der Waals surface area (Å²) in [7, 11) is 0. The minimum absolute atomic E-state index is 0.176. The second kappa shape index (κ2) is 9.92. The van der Waals surface area contributed by atoms with Crippen molar-refractivity contribution < 1.29 is 24.2 Å². The highest BCUT2D eigenvalue weighted by Gasteiger charge is 2.45. The molecule has 7 nitrogen and oxygen atoms in total. The lowest BCUT2D eigenvalue weighted by Crippen LogP contribution is -2.52. The van der Waals surface area contributed by atoms with Gasteiger partial charge in [0.15, 0.2) is 0 Å². The molecule has 0 aromatic carbocycles. The van der Waals surface area contributed by atoms with Crippen LogP contribution in [0.3, 0.4) is 0 Å². The van der Waals surface area contributed by atoms with Gasteiger partial charge in [0.05, 0.1) is 18.1 Å². The van der Waals surface area contributed by atoms with Gasteiger partial charge in [-0.25, -0.2) is 4.79 Å². The molecule has 1 saturated heterocycles. The van der Waals surface area contributed by atoms with Gasteiger partial charge in [0.25, 0.3) is 0 Å². The summed E-state index contributed by atoms with van der Waals surface area (Å²) in [5.41, 5.74) is -1.25. The van der Waals surface area contributed by atoms with E-state index in [4.69, 9.17) is 9.47 Å². The summed E-state index contributed by atoms with van der Waals surface area (Å²) in [5.74, 6) is -0.218. The Balaban J connectivity index is 1.99. The number of carbonyl (C=O) groups is 2. The summed E-state index contributed by atoms with van der Waals surface area (Å²) in [6.45, 7) is 9.32. The first-order chi connectivity index (χ1) is 13.1. The van der Waals surface area contributed by atoms with Crippen LogP contribution >= 0.6 is 0 Å². The lowest BCUT2D eigenvalue weighted by atomic mass is 9.77. The third kappa shape index (κ3) is 6.62. The van der Waals surface area contributed by atoms with E-state index in [0.717, 1.165) is 38.5 Å². The molecule has 1 aliphatic heterocycles. The molecule has 1 aliphatic carbocycles. The Morgan fingerprint density at radius 2 is 1.89 bits per heavy atom. The molecule has 0 bridgehead atoms. The largest absolute Gasteiger partial charge is 0.466 e. The number of hydrogen-bond donors (Lipinski definition) is 2. The number of nitrogens with zero attached hydrogens (tertiary/aromatic N) is 1. The number of rotatable bonds is 6. The van der Waals surface area contributed by atoms with E-state index in [1.807, 2.05) is 27.7 Å². The monoisotopic (exact) mass is 398 g/mol. The van der Waals surface area contributed by atoms with Gasteiger partial charge in [-0.05, 0) is 79.2 Å². The average molecular weight is 399 g/mol. The van der Waals surface area contributed by atoms with Crippen LogP contribution in [-0.2, 0) is 14.3 Å². The molecule has 0 aromatic heterocycles. The first-order valence-corrected chi connectivity index (χ1v) is 10.7. The fourth-order valence-corrected chi connectivity index (χ4v) is 4.17. The van der Waals surface area contributed by atoms with Crippen LogP contribution < -0.4 is 5.32 Å². The summed E-state index contributed by atoms with van der Waals surface area (Å²) in [6.07, 6.45) is 5.13. The number of nitrogens with one attached hydrogen (secondary N) is 1. The highest BCUT2D eigenvalue weighted by atomic mass is 16.6. The predicted molar refractivity (Wildman–Crippen MR) is 107 cm³/mol. The van der Waals surface area contributed by atoms with Crippen molar-refractivity contribution in [3.8, 4) is 0 Å². The van der Waals surface area contributed by atoms with Crippen LogP contribution in [-0.4, -0.2) is 66.1 Å². The summed E-state index contributed by atoms with van der Waals surface area (Å²) in [5, 5.41) is 13.2. The Morgan fingerprint density at radius 1 is 1.21 bits per heavy atom. The molecule has 1 saturated carbocycles. The standard InChI is InChI=1S/C21H38N2O5/c1-5-27-18(25)21(12-13-22-16-7-9-17(24)10-8-16)11-6-14-23(15-21)19(26)28-20(2,3)4/h16-17,22,24H,5-15H2,1-4H3/t16-,17+,21?. The number of esters is 1. The molecule has 2 rings (SSSR count). The van der Waals surface area contributed by atoms with Crippen molar-refractivity contribution in [2.75, 3.05) is 26.2 Å². The van der Waals surface area contributed by atoms with Crippen LogP contribution in [0.2, 0.25) is 0 Å². The van der Waals surface area contributed by atoms with Crippen molar-refractivity contribution in [1.29, 1.82) is 0 Å². The second-order valence-electron chi connectivity index (χ2n) is 9.22. The zero-order valence-corrected chi connectivity index (χ0v) is 18.0. The molecule has 2 N–H and O–H groups in total. The molecule has 2 aliphatic rings. The van der Waals surface area contributed by atoms with Gasteiger partial charge in [0.2, 0.25) is 0 Å². The molecule has 28 heavy (non-hydrogen) atoms. The van der Waals surface area contributed by atoms with Gasteiger partial charge in [-0.2, -0.15) is 0 Å². The van der Waals surface area contributed by atoms with E-state index in [1.54, 1.807) is 4.90 Å². The number of piperidine rings is 1. The van der Waals surface area contributed by atoms with Crippen LogP contribution in [0.1, 0.15) is 72.6 Å². The number of likely N-dealkylation sites (tertiary alicyclic amines) is 1. The van der Waals surface area contributed by atoms with Gasteiger partial charge in [-0.1, -0.05) is 0 Å². The molecule has 0 spiro atoms. The van der Waals surface area contributed by atoms with Gasteiger partial charge in [0.1, 0.15) is 5.60 Å². The topological polar surface area (TPSA) is 88.1 Å². The molecule has 1 atom stereocenters. The number of aliphatic hydroxyl groups excluding tert-OH is 1. The minimum Gasteiger partial charge on any atom is -0.466 e. The van der Waals surface area contributed by atoms with Crippen LogP contribution in [0.4, 0.5) is 4.79 Å². The Morgan fingerprint density at radius 3 is 2.50 bits per heavy atom. The highest BCUT2D eigenvalue weighted by Crippen LogP contribution is 2.35. The summed E-state index contributed by atoms with van der Waals surface area (Å²) < 4.78 is 10.9. The fourth-order valence-electron chi connectivity index (χ4n) is 4.17. The first kappa shape index (κ1) is 22.9. The molecule has 7 heteroatoms. The van der Waals surface area contributed by atoms with E-state index in [0.29, 0.717) is 38.7 Å². The lowest BCUT2D eigenvalue weighted by molar-refractivity contribution is -0.159. The van der Waals surface area contributed by atoms with Crippen LogP contribution in [0.25, 0.3) is 0 Å². The van der Waals surface area contributed by atoms with Crippen molar-refractivity contribution in [3.63, 3.8) is 0 Å². The summed E-state index contributed by atoms with van der Waals surface area (Å²) in [6, 6.07) is 0.383. The van der Waals surface area contributed by atoms with E-state index in [1.165, 1.54) is 0 Å². The summed E-state index contributed by atoms with van der Waals surface area (Å²) in [4.78, 5) is 27.0. The SMILES string of the molecule is CCOC(=O)C1(CCN[C@H]2CC[C@@H](O)CC2)CCCN(C(=O)OC(C)(C)C)C1. The van der Waals surface area contributed by atoms with Gasteiger partial charge in [-0.15, -0.1) is 0 Å². The van der Waals surface area contributed by atoms with Crippen LogP contribution in [0, 0.1) is 5.41 Å². The number of aliphatic hydroxyl groups is 1. The smallest absolute Gasteiger partial charge is 0.410 e. The zero-order chi connectivity index (χ0) is 20.8. The van der Waals surface area contributed by atoms with Crippen LogP contribution in [0.15, 0.2) is 0 Å². The third-order valence-corrected chi connectivity index (χ3v) is 5.67. The Bertz CT molecular complexity index is 525. The Kier molecular flexibility index (Phi) is 8.13. The first-order valence-electron chi connectivity index (χ1n) is 10.7. The molecule has 2 fully saturated rings. The molecule has 1 unspecified atom stereocenters. The van der Waals surface area contributed by atoms with E-state index in [-0.39, 0.29) is 18.2 Å². The molecule has 1 heterocycles. The van der Waals surface area contributed by atoms with Crippen molar-refractivity contribution >= 4 is 12.1 Å². The molecular formula is C21H38N2O5. The minimum atomic E-state index is -0.688. The quantitative estimate of drug-likeness (QED) is 0.669. The van der Waals surface area contributed by atoms with Gasteiger partial charge in [-0.3, -0.25) is 4.79 Å². The number of amides is 1. The van der Waals surface area contributed by atoms with Crippen molar-refractivity contribution in [3.05, 3.63) is 0 Å². The summed E-state index contributed by atoms with van der Waals surface area (Å²) >= 11 is 0. The van der Waals surface area contributed by atoms with Crippen molar-refractivity contribution in [2.45, 2.75) is 90.4 Å². The maximum Gasteiger partial charge on any atom is 0.410 e. The second-order valence-corrected chi connectivity index (χ2v) is 9.22. The normalized spacial score (nSPS) is 28.7. The molecule has 0 radical (unpaired) electrons. The molecule has 162 valence electrons. The maximum atomic E-state index is 12.8. The lowest BCUT2D eigenvalue weighted by Gasteiger charge is -2.41. The highest BCUT2D eigenvalue weighted by molar-refractivity contribution is 5.79. The Labute approximate surface area is 169 Å². The number of ether oxygens (including phenoxy) is 2. The van der Waals surface area contributed by atoms with Gasteiger partial charge in [0, 0.05) is 19.1 Å².